The molecular weight excluding hydrogens is 362 g/mol. The predicted molar refractivity (Wildman–Crippen MR) is 106 cm³/mol. The Balaban J connectivity index is 1.45. The number of nitrogens with zero attached hydrogens (tertiary/aromatic N) is 3. The first kappa shape index (κ1) is 19.9. The van der Waals surface area contributed by atoms with Crippen LogP contribution in [-0.4, -0.2) is 67.5 Å². The third kappa shape index (κ3) is 5.11. The minimum absolute atomic E-state index is 0.0174. The number of para-hydroxylation sites is 2. The molecule has 1 heterocycles. The number of nitro benzene ring substituents is 1. The van der Waals surface area contributed by atoms with Crippen LogP contribution in [0.25, 0.3) is 0 Å². The lowest BCUT2D eigenvalue weighted by molar-refractivity contribution is -0.385. The van der Waals surface area contributed by atoms with E-state index in [1.807, 2.05) is 24.3 Å². The normalized spacial score (nSPS) is 15.9. The van der Waals surface area contributed by atoms with Gasteiger partial charge in [0.1, 0.15) is 18.5 Å². The molecule has 0 aliphatic carbocycles. The molecule has 2 aromatic carbocycles. The van der Waals surface area contributed by atoms with E-state index in [4.69, 9.17) is 9.47 Å². The molecule has 3 rings (SSSR count). The number of nitro groups is 1. The van der Waals surface area contributed by atoms with Gasteiger partial charge >= 0.3 is 5.69 Å². The summed E-state index contributed by atoms with van der Waals surface area (Å²) in [5.41, 5.74) is 1.06. The molecule has 1 saturated heterocycles. The summed E-state index contributed by atoms with van der Waals surface area (Å²) in [5, 5.41) is 21.3. The molecule has 8 heteroatoms. The molecule has 0 amide bonds. The van der Waals surface area contributed by atoms with E-state index in [-0.39, 0.29) is 18.0 Å². The van der Waals surface area contributed by atoms with Crippen LogP contribution in [0.15, 0.2) is 48.5 Å². The van der Waals surface area contributed by atoms with E-state index >= 15 is 0 Å². The lowest BCUT2D eigenvalue weighted by Gasteiger charge is -2.36. The lowest BCUT2D eigenvalue weighted by atomic mass is 10.2. The Bertz CT molecular complexity index is 776. The summed E-state index contributed by atoms with van der Waals surface area (Å²) in [6.07, 6.45) is -0.715. The van der Waals surface area contributed by atoms with Gasteiger partial charge in [0, 0.05) is 44.5 Å². The van der Waals surface area contributed by atoms with Crippen molar-refractivity contribution in [3.05, 3.63) is 58.6 Å². The minimum atomic E-state index is -0.715. The van der Waals surface area contributed by atoms with Crippen LogP contribution in [0.5, 0.6) is 11.5 Å². The maximum Gasteiger partial charge on any atom is 0.310 e. The van der Waals surface area contributed by atoms with Crippen molar-refractivity contribution >= 4 is 11.4 Å². The summed E-state index contributed by atoms with van der Waals surface area (Å²) in [6, 6.07) is 14.2. The summed E-state index contributed by atoms with van der Waals surface area (Å²) < 4.78 is 10.7. The van der Waals surface area contributed by atoms with Crippen LogP contribution in [0.4, 0.5) is 11.4 Å². The Morgan fingerprint density at radius 3 is 2.43 bits per heavy atom. The molecule has 1 fully saturated rings. The fourth-order valence-corrected chi connectivity index (χ4v) is 3.25. The van der Waals surface area contributed by atoms with Crippen molar-refractivity contribution in [2.75, 3.05) is 51.3 Å². The largest absolute Gasteiger partial charge is 0.497 e. The van der Waals surface area contributed by atoms with Crippen LogP contribution < -0.4 is 14.4 Å². The zero-order chi connectivity index (χ0) is 19.9. The third-order valence-electron chi connectivity index (χ3n) is 4.77. The van der Waals surface area contributed by atoms with Gasteiger partial charge in [0.15, 0.2) is 5.75 Å². The van der Waals surface area contributed by atoms with E-state index in [1.54, 1.807) is 25.3 Å². The summed E-state index contributed by atoms with van der Waals surface area (Å²) in [6.45, 7) is 3.87. The Morgan fingerprint density at radius 2 is 1.79 bits per heavy atom. The second kappa shape index (κ2) is 9.38. The Hall–Kier alpha value is -2.84. The quantitative estimate of drug-likeness (QED) is 0.548. The highest BCUT2D eigenvalue weighted by Gasteiger charge is 2.21. The number of aliphatic hydroxyl groups is 1. The van der Waals surface area contributed by atoms with Crippen LogP contribution in [0, 0.1) is 10.1 Å². The van der Waals surface area contributed by atoms with Crippen molar-refractivity contribution in [1.29, 1.82) is 0 Å². The highest BCUT2D eigenvalue weighted by molar-refractivity contribution is 5.49. The van der Waals surface area contributed by atoms with E-state index in [0.717, 1.165) is 37.6 Å². The molecular formula is C20H25N3O5. The van der Waals surface area contributed by atoms with E-state index < -0.39 is 11.0 Å². The van der Waals surface area contributed by atoms with Crippen molar-refractivity contribution in [1.82, 2.24) is 4.90 Å². The SMILES string of the molecule is COc1ccc(N2CCN(C[C@@H](O)COc3ccccc3[N+](=O)[O-])CC2)cc1. The number of β-amino-alcohol motifs (C(OH)–C–C–N with tert-alkyl or cyclic N) is 1. The minimum Gasteiger partial charge on any atom is -0.497 e. The van der Waals surface area contributed by atoms with Crippen molar-refractivity contribution in [3.8, 4) is 11.5 Å². The smallest absolute Gasteiger partial charge is 0.310 e. The maximum absolute atomic E-state index is 11.0. The van der Waals surface area contributed by atoms with E-state index in [2.05, 4.69) is 9.80 Å². The molecule has 0 spiro atoms. The first-order valence-corrected chi connectivity index (χ1v) is 9.22. The van der Waals surface area contributed by atoms with Gasteiger partial charge in [-0.2, -0.15) is 0 Å². The number of methoxy groups -OCH3 is 1. The maximum atomic E-state index is 11.0. The highest BCUT2D eigenvalue weighted by Crippen LogP contribution is 2.26. The number of rotatable bonds is 8. The zero-order valence-corrected chi connectivity index (χ0v) is 15.9. The number of hydrogen-bond acceptors (Lipinski definition) is 7. The van der Waals surface area contributed by atoms with Gasteiger partial charge in [-0.3, -0.25) is 15.0 Å². The Labute approximate surface area is 164 Å². The fourth-order valence-electron chi connectivity index (χ4n) is 3.25. The van der Waals surface area contributed by atoms with Crippen LogP contribution in [0.2, 0.25) is 0 Å². The average molecular weight is 387 g/mol. The lowest BCUT2D eigenvalue weighted by Crippen LogP contribution is -2.49. The monoisotopic (exact) mass is 387 g/mol. The number of benzene rings is 2. The summed E-state index contributed by atoms with van der Waals surface area (Å²) in [7, 11) is 1.65. The van der Waals surface area contributed by atoms with Gasteiger partial charge in [0.05, 0.1) is 12.0 Å². The summed E-state index contributed by atoms with van der Waals surface area (Å²) >= 11 is 0. The predicted octanol–water partition coefficient (Wildman–Crippen LogP) is 2.17. The average Bonchev–Trinajstić information content (AvgIpc) is 2.73. The zero-order valence-electron chi connectivity index (χ0n) is 15.9. The molecule has 0 bridgehead atoms. The molecule has 150 valence electrons. The number of aliphatic hydroxyl groups excluding tert-OH is 1. The highest BCUT2D eigenvalue weighted by atomic mass is 16.6. The standard InChI is InChI=1S/C20H25N3O5/c1-27-18-8-6-16(7-9-18)22-12-10-21(11-13-22)14-17(24)15-28-20-5-3-2-4-19(20)23(25)26/h2-9,17,24H,10-15H2,1H3/t17-/m1/s1. The Morgan fingerprint density at radius 1 is 1.11 bits per heavy atom. The molecule has 1 aliphatic heterocycles. The van der Waals surface area contributed by atoms with Crippen LogP contribution >= 0.6 is 0 Å². The van der Waals surface area contributed by atoms with Crippen molar-refractivity contribution in [3.63, 3.8) is 0 Å². The van der Waals surface area contributed by atoms with Gasteiger partial charge in [-0.25, -0.2) is 0 Å². The van der Waals surface area contributed by atoms with Gasteiger partial charge in [-0.05, 0) is 30.3 Å². The summed E-state index contributed by atoms with van der Waals surface area (Å²) in [4.78, 5) is 15.0. The topological polar surface area (TPSA) is 88.3 Å². The van der Waals surface area contributed by atoms with Gasteiger partial charge in [-0.1, -0.05) is 12.1 Å². The van der Waals surface area contributed by atoms with E-state index in [0.29, 0.717) is 6.54 Å². The van der Waals surface area contributed by atoms with Crippen LogP contribution in [0.1, 0.15) is 0 Å². The molecule has 0 saturated carbocycles. The first-order valence-electron chi connectivity index (χ1n) is 9.22. The molecule has 1 N–H and O–H groups in total. The number of ether oxygens (including phenoxy) is 2. The number of hydrogen-bond donors (Lipinski definition) is 1. The summed E-state index contributed by atoms with van der Waals surface area (Å²) in [5.74, 6) is 1.01. The molecule has 1 atom stereocenters. The van der Waals surface area contributed by atoms with Crippen molar-refractivity contribution < 1.29 is 19.5 Å². The molecule has 28 heavy (non-hydrogen) atoms. The second-order valence-corrected chi connectivity index (χ2v) is 6.68. The molecule has 0 unspecified atom stereocenters. The van der Waals surface area contributed by atoms with Gasteiger partial charge in [0.25, 0.3) is 0 Å². The molecule has 1 aliphatic rings. The van der Waals surface area contributed by atoms with Gasteiger partial charge in [0.2, 0.25) is 0 Å². The molecule has 0 radical (unpaired) electrons. The molecule has 2 aromatic rings. The van der Waals surface area contributed by atoms with Crippen molar-refractivity contribution in [2.24, 2.45) is 0 Å². The van der Waals surface area contributed by atoms with Crippen molar-refractivity contribution in [2.45, 2.75) is 6.10 Å². The third-order valence-corrected chi connectivity index (χ3v) is 4.77. The van der Waals surface area contributed by atoms with Crippen LogP contribution in [-0.2, 0) is 0 Å². The number of piperazine rings is 1. The fraction of sp³-hybridized carbons (Fsp3) is 0.400. The molecule has 0 aromatic heterocycles. The Kier molecular flexibility index (Phi) is 6.67. The van der Waals surface area contributed by atoms with Gasteiger partial charge < -0.3 is 19.5 Å². The molecule has 8 nitrogen and oxygen atoms in total. The first-order chi connectivity index (χ1) is 13.6. The second-order valence-electron chi connectivity index (χ2n) is 6.68. The number of anilines is 1. The van der Waals surface area contributed by atoms with E-state index in [9.17, 15) is 15.2 Å². The van der Waals surface area contributed by atoms with Crippen LogP contribution in [0.3, 0.4) is 0 Å². The van der Waals surface area contributed by atoms with E-state index in [1.165, 1.54) is 6.07 Å². The van der Waals surface area contributed by atoms with Gasteiger partial charge in [-0.15, -0.1) is 0 Å².